The number of hydrogen-bond acceptors (Lipinski definition) is 3. The first-order valence-electron chi connectivity index (χ1n) is 6.69. The minimum Gasteiger partial charge on any atom is -0.383 e. The third kappa shape index (κ3) is 3.21. The molecule has 0 atom stereocenters. The van der Waals surface area contributed by atoms with Crippen molar-refractivity contribution in [3.05, 3.63) is 51.5 Å². The number of carbonyl (C=O) groups excluding carboxylic acids is 1. The Morgan fingerprint density at radius 2 is 1.95 bits per heavy atom. The molecule has 0 aliphatic carbocycles. The zero-order valence-electron chi connectivity index (χ0n) is 11.5. The van der Waals surface area contributed by atoms with Crippen molar-refractivity contribution in [2.24, 2.45) is 0 Å². The van der Waals surface area contributed by atoms with Crippen LogP contribution in [0, 0.1) is 0 Å². The fraction of sp³-hybridized carbons (Fsp3) is 0.133. The van der Waals surface area contributed by atoms with Crippen LogP contribution in [0.1, 0.15) is 10.5 Å². The van der Waals surface area contributed by atoms with Crippen molar-refractivity contribution in [2.75, 3.05) is 18.4 Å². The number of nitrogens with one attached hydrogen (secondary N) is 3. The predicted octanol–water partition coefficient (Wildman–Crippen LogP) is 4.38. The highest BCUT2D eigenvalue weighted by Gasteiger charge is 2.15. The van der Waals surface area contributed by atoms with Crippen molar-refractivity contribution in [1.82, 2.24) is 10.3 Å². The molecule has 7 heteroatoms. The summed E-state index contributed by atoms with van der Waals surface area (Å²) in [7, 11) is 0. The second-order valence-corrected chi connectivity index (χ2v) is 6.69. The summed E-state index contributed by atoms with van der Waals surface area (Å²) in [5.74, 6) is -0.162. The minimum absolute atomic E-state index is 0.162. The average molecular weight is 354 g/mol. The lowest BCUT2D eigenvalue weighted by atomic mass is 10.3. The van der Waals surface area contributed by atoms with Crippen molar-refractivity contribution in [2.45, 2.75) is 0 Å². The van der Waals surface area contributed by atoms with E-state index in [9.17, 15) is 4.79 Å². The van der Waals surface area contributed by atoms with E-state index in [1.165, 1.54) is 11.3 Å². The van der Waals surface area contributed by atoms with Crippen LogP contribution in [0.4, 0.5) is 5.69 Å². The number of carbonyl (C=O) groups is 1. The van der Waals surface area contributed by atoms with Crippen molar-refractivity contribution in [3.8, 4) is 0 Å². The fourth-order valence-electron chi connectivity index (χ4n) is 2.08. The molecular weight excluding hydrogens is 341 g/mol. The first-order chi connectivity index (χ1) is 10.6. The van der Waals surface area contributed by atoms with E-state index in [2.05, 4.69) is 15.6 Å². The van der Waals surface area contributed by atoms with Gasteiger partial charge in [-0.2, -0.15) is 0 Å². The topological polar surface area (TPSA) is 56.9 Å². The third-order valence-corrected chi connectivity index (χ3v) is 5.06. The molecule has 0 aliphatic heterocycles. The molecule has 0 unspecified atom stereocenters. The second-order valence-electron chi connectivity index (χ2n) is 4.66. The Bertz CT molecular complexity index is 798. The average Bonchev–Trinajstić information content (AvgIpc) is 3.05. The van der Waals surface area contributed by atoms with Gasteiger partial charge in [0.1, 0.15) is 10.0 Å². The van der Waals surface area contributed by atoms with Crippen LogP contribution < -0.4 is 10.6 Å². The van der Waals surface area contributed by atoms with Crippen LogP contribution in [0.5, 0.6) is 0 Å². The van der Waals surface area contributed by atoms with Crippen LogP contribution in [0.3, 0.4) is 0 Å². The first kappa shape index (κ1) is 15.2. The minimum atomic E-state index is -0.162. The molecule has 1 amide bonds. The smallest absolute Gasteiger partial charge is 0.267 e. The van der Waals surface area contributed by atoms with Crippen LogP contribution >= 0.6 is 34.5 Å². The maximum atomic E-state index is 12.1. The molecule has 0 radical (unpaired) electrons. The number of thiophene rings is 1. The molecule has 3 N–H and O–H groups in total. The van der Waals surface area contributed by atoms with Crippen molar-refractivity contribution in [3.63, 3.8) is 0 Å². The highest BCUT2D eigenvalue weighted by molar-refractivity contribution is 7.23. The quantitative estimate of drug-likeness (QED) is 0.596. The number of rotatable bonds is 5. The van der Waals surface area contributed by atoms with Gasteiger partial charge in [0, 0.05) is 18.8 Å². The summed E-state index contributed by atoms with van der Waals surface area (Å²) in [6, 6.07) is 11.6. The molecule has 0 spiro atoms. The maximum absolute atomic E-state index is 12.1. The maximum Gasteiger partial charge on any atom is 0.267 e. The lowest BCUT2D eigenvalue weighted by Gasteiger charge is -2.07. The van der Waals surface area contributed by atoms with Crippen molar-refractivity contribution < 1.29 is 4.79 Å². The Balaban J connectivity index is 1.55. The highest BCUT2D eigenvalue weighted by atomic mass is 35.5. The van der Waals surface area contributed by atoms with Gasteiger partial charge in [-0.3, -0.25) is 4.79 Å². The van der Waals surface area contributed by atoms with Crippen molar-refractivity contribution in [1.29, 1.82) is 0 Å². The monoisotopic (exact) mass is 353 g/mol. The summed E-state index contributed by atoms with van der Waals surface area (Å²) in [6.07, 6.45) is 0. The molecule has 1 aromatic carbocycles. The summed E-state index contributed by atoms with van der Waals surface area (Å²) < 4.78 is 1.41. The number of fused-ring (bicyclic) bond motifs is 1. The van der Waals surface area contributed by atoms with E-state index in [-0.39, 0.29) is 5.91 Å². The van der Waals surface area contributed by atoms with Gasteiger partial charge in [0.15, 0.2) is 0 Å². The van der Waals surface area contributed by atoms with Crippen LogP contribution in [-0.2, 0) is 0 Å². The standard InChI is InChI=1S/C15H13Cl2N3OS/c16-12-13-11(22-14(12)17)8-10(20-13)15(21)19-7-6-18-9-4-2-1-3-5-9/h1-5,8,18,20H,6-7H2,(H,19,21). The largest absolute Gasteiger partial charge is 0.383 e. The Morgan fingerprint density at radius 3 is 2.68 bits per heavy atom. The van der Waals surface area contributed by atoms with Gasteiger partial charge in [-0.25, -0.2) is 0 Å². The zero-order chi connectivity index (χ0) is 15.5. The van der Waals surface area contributed by atoms with Crippen molar-refractivity contribution >= 4 is 56.3 Å². The molecule has 0 bridgehead atoms. The van der Waals surface area contributed by atoms with E-state index in [4.69, 9.17) is 23.2 Å². The number of hydrogen-bond donors (Lipinski definition) is 3. The number of H-pyrrole nitrogens is 1. The summed E-state index contributed by atoms with van der Waals surface area (Å²) in [6.45, 7) is 1.17. The number of amides is 1. The van der Waals surface area contributed by atoms with Gasteiger partial charge in [0.2, 0.25) is 0 Å². The van der Waals surface area contributed by atoms with Crippen LogP contribution in [0.2, 0.25) is 9.36 Å². The van der Waals surface area contributed by atoms with Crippen LogP contribution in [0.25, 0.3) is 10.2 Å². The van der Waals surface area contributed by atoms with Gasteiger partial charge < -0.3 is 15.6 Å². The van der Waals surface area contributed by atoms with E-state index in [0.29, 0.717) is 33.7 Å². The molecule has 114 valence electrons. The van der Waals surface area contributed by atoms with Gasteiger partial charge in [0.25, 0.3) is 5.91 Å². The summed E-state index contributed by atoms with van der Waals surface area (Å²) in [5, 5.41) is 6.54. The SMILES string of the molecule is O=C(NCCNc1ccccc1)c1cc2sc(Cl)c(Cl)c2[nH]1. The lowest BCUT2D eigenvalue weighted by molar-refractivity contribution is 0.0951. The molecular formula is C15H13Cl2N3OS. The number of benzene rings is 1. The first-order valence-corrected chi connectivity index (χ1v) is 8.26. The Morgan fingerprint density at radius 1 is 1.18 bits per heavy atom. The molecule has 0 saturated carbocycles. The number of aromatic amines is 1. The van der Waals surface area contributed by atoms with Crippen LogP contribution in [-0.4, -0.2) is 24.0 Å². The Labute approximate surface area is 141 Å². The fourth-order valence-corrected chi connectivity index (χ4v) is 3.56. The van der Waals surface area contributed by atoms with Gasteiger partial charge >= 0.3 is 0 Å². The number of anilines is 1. The molecule has 3 aromatic rings. The predicted molar refractivity (Wildman–Crippen MR) is 93.5 cm³/mol. The molecule has 0 fully saturated rings. The number of para-hydroxylation sites is 1. The normalized spacial score (nSPS) is 10.8. The zero-order valence-corrected chi connectivity index (χ0v) is 13.8. The summed E-state index contributed by atoms with van der Waals surface area (Å²) in [4.78, 5) is 15.1. The molecule has 22 heavy (non-hydrogen) atoms. The lowest BCUT2D eigenvalue weighted by Crippen LogP contribution is -2.28. The molecule has 4 nitrogen and oxygen atoms in total. The summed E-state index contributed by atoms with van der Waals surface area (Å²) >= 11 is 13.4. The highest BCUT2D eigenvalue weighted by Crippen LogP contribution is 2.38. The molecule has 3 rings (SSSR count). The van der Waals surface area contributed by atoms with Gasteiger partial charge in [-0.15, -0.1) is 11.3 Å². The van der Waals surface area contributed by atoms with Gasteiger partial charge in [0.05, 0.1) is 15.2 Å². The van der Waals surface area contributed by atoms with E-state index < -0.39 is 0 Å². The van der Waals surface area contributed by atoms with Crippen LogP contribution in [0.15, 0.2) is 36.4 Å². The third-order valence-electron chi connectivity index (χ3n) is 3.13. The van der Waals surface area contributed by atoms with E-state index in [1.54, 1.807) is 6.07 Å². The van der Waals surface area contributed by atoms with E-state index in [0.717, 1.165) is 10.4 Å². The Hall–Kier alpha value is -1.69. The molecule has 2 heterocycles. The number of aromatic nitrogens is 1. The molecule has 0 saturated heterocycles. The summed E-state index contributed by atoms with van der Waals surface area (Å²) in [5.41, 5.74) is 2.22. The molecule has 0 aliphatic rings. The molecule has 2 aromatic heterocycles. The van der Waals surface area contributed by atoms with E-state index >= 15 is 0 Å². The Kier molecular flexibility index (Phi) is 4.57. The van der Waals surface area contributed by atoms with Gasteiger partial charge in [-0.1, -0.05) is 41.4 Å². The second kappa shape index (κ2) is 6.60. The van der Waals surface area contributed by atoms with E-state index in [1.807, 2.05) is 30.3 Å². The number of halogens is 2. The van der Waals surface area contributed by atoms with Gasteiger partial charge in [-0.05, 0) is 18.2 Å².